The summed E-state index contributed by atoms with van der Waals surface area (Å²) in [7, 11) is 3.83. The molecule has 0 aliphatic rings. The zero-order chi connectivity index (χ0) is 13.4. The Balaban J connectivity index is 2.85. The molecule has 1 aromatic carbocycles. The number of para-hydroxylation sites is 1. The van der Waals surface area contributed by atoms with Crippen LogP contribution in [-0.2, 0) is 0 Å². The molecule has 1 aromatic rings. The molecular formula is C15H21N3. The molecule has 0 aliphatic heterocycles. The van der Waals surface area contributed by atoms with Gasteiger partial charge < -0.3 is 5.32 Å². The molecule has 0 saturated heterocycles. The standard InChI is InChI=1S/C15H21N3/c1-5-14(11-12-16-3)13(2)17-18(4)15-9-7-6-8-10-15/h5-12,16H,1-4H3/b12-11-,14-5+,17-13+. The molecule has 1 N–H and O–H groups in total. The quantitative estimate of drug-likeness (QED) is 0.488. The lowest BCUT2D eigenvalue weighted by Crippen LogP contribution is -2.12. The Hall–Kier alpha value is -2.03. The van der Waals surface area contributed by atoms with Crippen LogP contribution >= 0.6 is 0 Å². The monoisotopic (exact) mass is 243 g/mol. The number of nitrogens with one attached hydrogen (secondary N) is 1. The van der Waals surface area contributed by atoms with Crippen molar-refractivity contribution in [3.8, 4) is 0 Å². The normalized spacial score (nSPS) is 12.9. The van der Waals surface area contributed by atoms with Gasteiger partial charge in [0.2, 0.25) is 0 Å². The maximum Gasteiger partial charge on any atom is 0.0648 e. The van der Waals surface area contributed by atoms with E-state index in [9.17, 15) is 0 Å². The highest BCUT2D eigenvalue weighted by atomic mass is 15.4. The molecule has 1 rings (SSSR count). The Labute approximate surface area is 110 Å². The fourth-order valence-corrected chi connectivity index (χ4v) is 1.58. The molecule has 96 valence electrons. The summed E-state index contributed by atoms with van der Waals surface area (Å²) in [6, 6.07) is 10.1. The highest BCUT2D eigenvalue weighted by Gasteiger charge is 2.00. The van der Waals surface area contributed by atoms with E-state index in [-0.39, 0.29) is 0 Å². The van der Waals surface area contributed by atoms with E-state index in [0.29, 0.717) is 0 Å². The fraction of sp³-hybridized carbons (Fsp3) is 0.267. The van der Waals surface area contributed by atoms with Gasteiger partial charge in [-0.1, -0.05) is 24.3 Å². The van der Waals surface area contributed by atoms with E-state index >= 15 is 0 Å². The first kappa shape index (κ1) is 14.0. The highest BCUT2D eigenvalue weighted by Crippen LogP contribution is 2.12. The van der Waals surface area contributed by atoms with Gasteiger partial charge in [0.1, 0.15) is 0 Å². The molecule has 0 heterocycles. The van der Waals surface area contributed by atoms with Crippen LogP contribution in [0, 0.1) is 0 Å². The molecule has 0 bridgehead atoms. The van der Waals surface area contributed by atoms with Crippen LogP contribution in [0.4, 0.5) is 5.69 Å². The lowest BCUT2D eigenvalue weighted by atomic mass is 10.1. The van der Waals surface area contributed by atoms with Crippen molar-refractivity contribution in [2.24, 2.45) is 5.10 Å². The molecular weight excluding hydrogens is 222 g/mol. The highest BCUT2D eigenvalue weighted by molar-refractivity contribution is 6.01. The molecule has 0 unspecified atom stereocenters. The SMILES string of the molecule is C/C=C(\C=C/NC)C(/C)=N/N(C)c1ccccc1. The van der Waals surface area contributed by atoms with Crippen LogP contribution in [0.5, 0.6) is 0 Å². The molecule has 0 aromatic heterocycles. The predicted molar refractivity (Wildman–Crippen MR) is 79.9 cm³/mol. The summed E-state index contributed by atoms with van der Waals surface area (Å²) < 4.78 is 0. The van der Waals surface area contributed by atoms with Crippen molar-refractivity contribution >= 4 is 11.4 Å². The second kappa shape index (κ2) is 7.33. The number of hydrogen-bond donors (Lipinski definition) is 1. The maximum atomic E-state index is 4.57. The Morgan fingerprint density at radius 3 is 2.50 bits per heavy atom. The maximum absolute atomic E-state index is 4.57. The molecule has 0 amide bonds. The van der Waals surface area contributed by atoms with E-state index in [1.54, 1.807) is 0 Å². The van der Waals surface area contributed by atoms with Gasteiger partial charge in [-0.15, -0.1) is 0 Å². The molecule has 0 radical (unpaired) electrons. The van der Waals surface area contributed by atoms with Crippen LogP contribution in [0.15, 0.2) is 59.4 Å². The van der Waals surface area contributed by atoms with Gasteiger partial charge in [0.25, 0.3) is 0 Å². The molecule has 3 nitrogen and oxygen atoms in total. The minimum atomic E-state index is 0.982. The summed E-state index contributed by atoms with van der Waals surface area (Å²) in [4.78, 5) is 0. The van der Waals surface area contributed by atoms with Gasteiger partial charge in [-0.05, 0) is 43.8 Å². The van der Waals surface area contributed by atoms with Crippen molar-refractivity contribution in [2.45, 2.75) is 13.8 Å². The van der Waals surface area contributed by atoms with E-state index < -0.39 is 0 Å². The average Bonchev–Trinajstić information content (AvgIpc) is 2.40. The minimum Gasteiger partial charge on any atom is -0.394 e. The first-order valence-corrected chi connectivity index (χ1v) is 6.03. The number of anilines is 1. The first-order valence-electron chi connectivity index (χ1n) is 6.03. The molecule has 3 heteroatoms. The number of allylic oxidation sites excluding steroid dienone is 3. The van der Waals surface area contributed by atoms with Crippen LogP contribution in [0.3, 0.4) is 0 Å². The van der Waals surface area contributed by atoms with Crippen LogP contribution in [0.1, 0.15) is 13.8 Å². The molecule has 0 fully saturated rings. The van der Waals surface area contributed by atoms with Crippen molar-refractivity contribution in [3.05, 3.63) is 54.3 Å². The van der Waals surface area contributed by atoms with E-state index in [4.69, 9.17) is 0 Å². The van der Waals surface area contributed by atoms with Gasteiger partial charge in [0, 0.05) is 14.1 Å². The number of benzene rings is 1. The van der Waals surface area contributed by atoms with Crippen molar-refractivity contribution in [3.63, 3.8) is 0 Å². The first-order chi connectivity index (χ1) is 8.69. The second-order valence-corrected chi connectivity index (χ2v) is 3.91. The topological polar surface area (TPSA) is 27.6 Å². The van der Waals surface area contributed by atoms with Crippen LogP contribution in [-0.4, -0.2) is 19.8 Å². The van der Waals surface area contributed by atoms with Gasteiger partial charge >= 0.3 is 0 Å². The van der Waals surface area contributed by atoms with E-state index in [2.05, 4.69) is 10.4 Å². The third-order valence-corrected chi connectivity index (χ3v) is 2.59. The van der Waals surface area contributed by atoms with Gasteiger partial charge in [-0.3, -0.25) is 5.01 Å². The van der Waals surface area contributed by atoms with E-state index in [0.717, 1.165) is 17.0 Å². The van der Waals surface area contributed by atoms with E-state index in [1.807, 2.05) is 81.6 Å². The summed E-state index contributed by atoms with van der Waals surface area (Å²) in [5, 5.41) is 9.44. The van der Waals surface area contributed by atoms with Crippen molar-refractivity contribution in [1.82, 2.24) is 5.32 Å². The fourth-order valence-electron chi connectivity index (χ4n) is 1.58. The van der Waals surface area contributed by atoms with Crippen LogP contribution in [0.2, 0.25) is 0 Å². The number of hydrazone groups is 1. The zero-order valence-electron chi connectivity index (χ0n) is 11.5. The number of hydrogen-bond acceptors (Lipinski definition) is 3. The molecule has 0 spiro atoms. The van der Waals surface area contributed by atoms with Gasteiger partial charge in [-0.25, -0.2) is 0 Å². The largest absolute Gasteiger partial charge is 0.394 e. The molecule has 0 saturated carbocycles. The van der Waals surface area contributed by atoms with Gasteiger partial charge in [-0.2, -0.15) is 5.10 Å². The molecule has 0 aliphatic carbocycles. The molecule has 18 heavy (non-hydrogen) atoms. The Morgan fingerprint density at radius 2 is 1.94 bits per heavy atom. The molecule has 0 atom stereocenters. The van der Waals surface area contributed by atoms with Crippen LogP contribution < -0.4 is 10.3 Å². The number of nitrogens with zero attached hydrogens (tertiary/aromatic N) is 2. The van der Waals surface area contributed by atoms with Crippen molar-refractivity contribution in [1.29, 1.82) is 0 Å². The Morgan fingerprint density at radius 1 is 1.28 bits per heavy atom. The van der Waals surface area contributed by atoms with Crippen LogP contribution in [0.25, 0.3) is 0 Å². The van der Waals surface area contributed by atoms with E-state index in [1.165, 1.54) is 0 Å². The number of rotatable bonds is 5. The lowest BCUT2D eigenvalue weighted by Gasteiger charge is -2.14. The van der Waals surface area contributed by atoms with Gasteiger partial charge in [0.05, 0.1) is 11.4 Å². The summed E-state index contributed by atoms with van der Waals surface area (Å²) in [6.07, 6.45) is 5.96. The summed E-state index contributed by atoms with van der Waals surface area (Å²) in [5.41, 5.74) is 3.16. The zero-order valence-corrected chi connectivity index (χ0v) is 11.5. The summed E-state index contributed by atoms with van der Waals surface area (Å²) in [5.74, 6) is 0. The average molecular weight is 243 g/mol. The Kier molecular flexibility index (Phi) is 5.71. The summed E-state index contributed by atoms with van der Waals surface area (Å²) in [6.45, 7) is 4.02. The summed E-state index contributed by atoms with van der Waals surface area (Å²) >= 11 is 0. The Bertz CT molecular complexity index is 444. The smallest absolute Gasteiger partial charge is 0.0648 e. The lowest BCUT2D eigenvalue weighted by molar-refractivity contribution is 1.01. The third-order valence-electron chi connectivity index (χ3n) is 2.59. The second-order valence-electron chi connectivity index (χ2n) is 3.91. The van der Waals surface area contributed by atoms with Crippen molar-refractivity contribution < 1.29 is 0 Å². The minimum absolute atomic E-state index is 0.982. The van der Waals surface area contributed by atoms with Crippen molar-refractivity contribution in [2.75, 3.05) is 19.1 Å². The predicted octanol–water partition coefficient (Wildman–Crippen LogP) is 3.18. The third kappa shape index (κ3) is 4.09. The van der Waals surface area contributed by atoms with Gasteiger partial charge in [0.15, 0.2) is 0 Å².